The molecule has 1 amide bonds. The molecule has 1 aliphatic rings. The Bertz CT molecular complexity index is 400. The zero-order valence-corrected chi connectivity index (χ0v) is 10.8. The Morgan fingerprint density at radius 3 is 2.82 bits per heavy atom. The SMILES string of the molecule is CCC1CCN(C(=O)c2ccnc(Cl)c2)CC1. The molecule has 0 bridgehead atoms. The Kier molecular flexibility index (Phi) is 4.00. The van der Waals surface area contributed by atoms with Gasteiger partial charge in [-0.05, 0) is 30.9 Å². The van der Waals surface area contributed by atoms with Crippen LogP contribution in [0.5, 0.6) is 0 Å². The van der Waals surface area contributed by atoms with Crippen molar-refractivity contribution in [2.45, 2.75) is 26.2 Å². The van der Waals surface area contributed by atoms with Gasteiger partial charge in [0.15, 0.2) is 0 Å². The van der Waals surface area contributed by atoms with E-state index in [9.17, 15) is 4.79 Å². The van der Waals surface area contributed by atoms with Gasteiger partial charge in [0.1, 0.15) is 5.15 Å². The highest BCUT2D eigenvalue weighted by molar-refractivity contribution is 6.29. The number of hydrogen-bond acceptors (Lipinski definition) is 2. The Balaban J connectivity index is 2.02. The number of pyridine rings is 1. The minimum absolute atomic E-state index is 0.0730. The molecular weight excluding hydrogens is 236 g/mol. The Morgan fingerprint density at radius 2 is 2.24 bits per heavy atom. The van der Waals surface area contributed by atoms with E-state index in [4.69, 9.17) is 11.6 Å². The number of likely N-dealkylation sites (tertiary alicyclic amines) is 1. The molecule has 1 aliphatic heterocycles. The van der Waals surface area contributed by atoms with Gasteiger partial charge in [-0.25, -0.2) is 4.98 Å². The molecule has 1 saturated heterocycles. The average Bonchev–Trinajstić information content (AvgIpc) is 2.38. The predicted octanol–water partition coefficient (Wildman–Crippen LogP) is 3.00. The van der Waals surface area contributed by atoms with Crippen molar-refractivity contribution >= 4 is 17.5 Å². The molecule has 4 heteroatoms. The first-order valence-corrected chi connectivity index (χ1v) is 6.49. The zero-order chi connectivity index (χ0) is 12.3. The standard InChI is InChI=1S/C13H17ClN2O/c1-2-10-4-7-16(8-5-10)13(17)11-3-6-15-12(14)9-11/h3,6,9-10H,2,4-5,7-8H2,1H3. The molecule has 1 aromatic heterocycles. The van der Waals surface area contributed by atoms with Crippen LogP contribution in [0.2, 0.25) is 5.15 Å². The third-order valence-corrected chi connectivity index (χ3v) is 3.66. The van der Waals surface area contributed by atoms with Gasteiger partial charge in [0.05, 0.1) is 0 Å². The molecule has 1 fully saturated rings. The van der Waals surface area contributed by atoms with Crippen LogP contribution in [0, 0.1) is 5.92 Å². The van der Waals surface area contributed by atoms with E-state index in [2.05, 4.69) is 11.9 Å². The quantitative estimate of drug-likeness (QED) is 0.758. The van der Waals surface area contributed by atoms with Crippen LogP contribution in [0.3, 0.4) is 0 Å². The third-order valence-electron chi connectivity index (χ3n) is 3.45. The molecule has 2 rings (SSSR count). The summed E-state index contributed by atoms with van der Waals surface area (Å²) in [4.78, 5) is 18.0. The van der Waals surface area contributed by atoms with Crippen LogP contribution in [-0.2, 0) is 0 Å². The van der Waals surface area contributed by atoms with Gasteiger partial charge in [-0.15, -0.1) is 0 Å². The first kappa shape index (κ1) is 12.4. The Labute approximate surface area is 107 Å². The first-order chi connectivity index (χ1) is 8.20. The molecule has 0 radical (unpaired) electrons. The fourth-order valence-corrected chi connectivity index (χ4v) is 2.44. The van der Waals surface area contributed by atoms with Gasteiger partial charge >= 0.3 is 0 Å². The van der Waals surface area contributed by atoms with Gasteiger partial charge in [-0.3, -0.25) is 4.79 Å². The monoisotopic (exact) mass is 252 g/mol. The van der Waals surface area contributed by atoms with Crippen LogP contribution in [0.15, 0.2) is 18.3 Å². The number of carbonyl (C=O) groups is 1. The number of carbonyl (C=O) groups excluding carboxylic acids is 1. The molecule has 0 aromatic carbocycles. The number of hydrogen-bond donors (Lipinski definition) is 0. The molecule has 0 atom stereocenters. The van der Waals surface area contributed by atoms with E-state index in [1.807, 2.05) is 4.90 Å². The summed E-state index contributed by atoms with van der Waals surface area (Å²) in [5.74, 6) is 0.851. The van der Waals surface area contributed by atoms with Gasteiger partial charge in [0, 0.05) is 24.8 Å². The second-order valence-electron chi connectivity index (χ2n) is 4.51. The number of nitrogens with zero attached hydrogens (tertiary/aromatic N) is 2. The molecule has 0 aliphatic carbocycles. The average molecular weight is 253 g/mol. The van der Waals surface area contributed by atoms with E-state index in [1.165, 1.54) is 6.42 Å². The van der Waals surface area contributed by atoms with Crippen molar-refractivity contribution in [3.8, 4) is 0 Å². The molecule has 2 heterocycles. The summed E-state index contributed by atoms with van der Waals surface area (Å²) in [6, 6.07) is 3.36. The van der Waals surface area contributed by atoms with Crippen LogP contribution < -0.4 is 0 Å². The van der Waals surface area contributed by atoms with Gasteiger partial charge in [-0.1, -0.05) is 24.9 Å². The molecule has 0 spiro atoms. The van der Waals surface area contributed by atoms with Gasteiger partial charge in [0.2, 0.25) is 0 Å². The number of amides is 1. The third kappa shape index (κ3) is 2.97. The Hall–Kier alpha value is -1.09. The second-order valence-corrected chi connectivity index (χ2v) is 4.90. The highest BCUT2D eigenvalue weighted by Gasteiger charge is 2.22. The van der Waals surface area contributed by atoms with Crippen LogP contribution in [0.4, 0.5) is 0 Å². The molecule has 0 unspecified atom stereocenters. The topological polar surface area (TPSA) is 33.2 Å². The second kappa shape index (κ2) is 5.50. The van der Waals surface area contributed by atoms with E-state index in [0.717, 1.165) is 31.8 Å². The lowest BCUT2D eigenvalue weighted by molar-refractivity contribution is 0.0688. The number of piperidine rings is 1. The van der Waals surface area contributed by atoms with Crippen molar-refractivity contribution in [1.82, 2.24) is 9.88 Å². The Morgan fingerprint density at radius 1 is 1.53 bits per heavy atom. The summed E-state index contributed by atoms with van der Waals surface area (Å²) in [6.07, 6.45) is 5.01. The highest BCUT2D eigenvalue weighted by Crippen LogP contribution is 2.21. The summed E-state index contributed by atoms with van der Waals surface area (Å²) in [6.45, 7) is 3.93. The zero-order valence-electron chi connectivity index (χ0n) is 10.0. The van der Waals surface area contributed by atoms with Crippen molar-refractivity contribution in [2.75, 3.05) is 13.1 Å². The smallest absolute Gasteiger partial charge is 0.254 e. The summed E-state index contributed by atoms with van der Waals surface area (Å²) < 4.78 is 0. The molecule has 0 N–H and O–H groups in total. The lowest BCUT2D eigenvalue weighted by Gasteiger charge is -2.31. The van der Waals surface area contributed by atoms with Crippen molar-refractivity contribution < 1.29 is 4.79 Å². The van der Waals surface area contributed by atoms with Crippen LogP contribution in [-0.4, -0.2) is 28.9 Å². The highest BCUT2D eigenvalue weighted by atomic mass is 35.5. The van der Waals surface area contributed by atoms with E-state index < -0.39 is 0 Å². The lowest BCUT2D eigenvalue weighted by atomic mass is 9.94. The van der Waals surface area contributed by atoms with Crippen molar-refractivity contribution in [2.24, 2.45) is 5.92 Å². The fraction of sp³-hybridized carbons (Fsp3) is 0.538. The maximum atomic E-state index is 12.2. The molecule has 0 saturated carbocycles. The lowest BCUT2D eigenvalue weighted by Crippen LogP contribution is -2.38. The normalized spacial score (nSPS) is 17.2. The van der Waals surface area contributed by atoms with E-state index >= 15 is 0 Å². The summed E-state index contributed by atoms with van der Waals surface area (Å²) in [5.41, 5.74) is 0.639. The van der Waals surface area contributed by atoms with Crippen molar-refractivity contribution in [3.05, 3.63) is 29.0 Å². The summed E-state index contributed by atoms with van der Waals surface area (Å²) >= 11 is 5.79. The molecule has 3 nitrogen and oxygen atoms in total. The fourth-order valence-electron chi connectivity index (χ4n) is 2.26. The number of rotatable bonds is 2. The van der Waals surface area contributed by atoms with Crippen molar-refractivity contribution in [1.29, 1.82) is 0 Å². The minimum Gasteiger partial charge on any atom is -0.339 e. The first-order valence-electron chi connectivity index (χ1n) is 6.11. The maximum Gasteiger partial charge on any atom is 0.254 e. The van der Waals surface area contributed by atoms with E-state index in [0.29, 0.717) is 10.7 Å². The van der Waals surface area contributed by atoms with Crippen LogP contribution in [0.1, 0.15) is 36.5 Å². The van der Waals surface area contributed by atoms with E-state index in [1.54, 1.807) is 18.3 Å². The summed E-state index contributed by atoms with van der Waals surface area (Å²) in [5, 5.41) is 0.374. The minimum atomic E-state index is 0.0730. The molecule has 1 aromatic rings. The molecule has 17 heavy (non-hydrogen) atoms. The summed E-state index contributed by atoms with van der Waals surface area (Å²) in [7, 11) is 0. The maximum absolute atomic E-state index is 12.2. The predicted molar refractivity (Wildman–Crippen MR) is 68.2 cm³/mol. The van der Waals surface area contributed by atoms with Crippen LogP contribution >= 0.6 is 11.6 Å². The van der Waals surface area contributed by atoms with Gasteiger partial charge < -0.3 is 4.90 Å². The molecule has 92 valence electrons. The van der Waals surface area contributed by atoms with Crippen molar-refractivity contribution in [3.63, 3.8) is 0 Å². The van der Waals surface area contributed by atoms with Gasteiger partial charge in [-0.2, -0.15) is 0 Å². The van der Waals surface area contributed by atoms with Crippen LogP contribution in [0.25, 0.3) is 0 Å². The molecular formula is C13H17ClN2O. The van der Waals surface area contributed by atoms with E-state index in [-0.39, 0.29) is 5.91 Å². The number of halogens is 1. The largest absolute Gasteiger partial charge is 0.339 e. The number of aromatic nitrogens is 1. The van der Waals surface area contributed by atoms with Gasteiger partial charge in [0.25, 0.3) is 5.91 Å².